The van der Waals surface area contributed by atoms with Crippen LogP contribution in [0, 0.1) is 0 Å². The minimum absolute atomic E-state index is 0.0446. The monoisotopic (exact) mass is 375 g/mol. The first-order valence-corrected chi connectivity index (χ1v) is 9.45. The second-order valence-corrected chi connectivity index (χ2v) is 7.22. The number of hydrogen-bond acceptors (Lipinski definition) is 4. The molecular weight excluding hydrogens is 350 g/mol. The lowest BCUT2D eigenvalue weighted by atomic mass is 10.2. The molecule has 2 aromatic rings. The van der Waals surface area contributed by atoms with Crippen LogP contribution < -0.4 is 9.47 Å². The van der Waals surface area contributed by atoms with Crippen molar-refractivity contribution in [3.63, 3.8) is 0 Å². The number of benzene rings is 2. The van der Waals surface area contributed by atoms with E-state index in [4.69, 9.17) is 25.8 Å². The summed E-state index contributed by atoms with van der Waals surface area (Å²) in [5, 5.41) is 0.768. The van der Waals surface area contributed by atoms with E-state index in [1.54, 1.807) is 0 Å². The molecule has 1 heterocycles. The fourth-order valence-corrected chi connectivity index (χ4v) is 3.10. The molecule has 0 radical (unpaired) electrons. The molecule has 0 amide bonds. The van der Waals surface area contributed by atoms with Crippen molar-refractivity contribution in [3.05, 3.63) is 59.1 Å². The Morgan fingerprint density at radius 2 is 1.85 bits per heavy atom. The van der Waals surface area contributed by atoms with Gasteiger partial charge in [-0.05, 0) is 43.7 Å². The fourth-order valence-electron chi connectivity index (χ4n) is 2.98. The van der Waals surface area contributed by atoms with Crippen LogP contribution in [-0.4, -0.2) is 43.4 Å². The van der Waals surface area contributed by atoms with E-state index in [1.807, 2.05) is 50.2 Å². The molecular formula is C21H26ClNO3. The van der Waals surface area contributed by atoms with Crippen molar-refractivity contribution in [1.29, 1.82) is 0 Å². The molecule has 1 unspecified atom stereocenters. The molecule has 0 bridgehead atoms. The summed E-state index contributed by atoms with van der Waals surface area (Å²) in [5.74, 6) is 1.54. The largest absolute Gasteiger partial charge is 0.487 e. The van der Waals surface area contributed by atoms with Crippen LogP contribution in [0.15, 0.2) is 48.5 Å². The Hall–Kier alpha value is -1.75. The number of hydrogen-bond donors (Lipinski definition) is 0. The van der Waals surface area contributed by atoms with Crippen molar-refractivity contribution in [2.24, 2.45) is 0 Å². The Morgan fingerprint density at radius 3 is 2.58 bits per heavy atom. The second-order valence-electron chi connectivity index (χ2n) is 6.78. The molecule has 26 heavy (non-hydrogen) atoms. The third kappa shape index (κ3) is 5.63. The Kier molecular flexibility index (Phi) is 6.78. The smallest absolute Gasteiger partial charge is 0.161 e. The zero-order chi connectivity index (χ0) is 18.4. The van der Waals surface area contributed by atoms with Gasteiger partial charge in [-0.15, -0.1) is 0 Å². The quantitative estimate of drug-likeness (QED) is 0.717. The lowest BCUT2D eigenvalue weighted by Gasteiger charge is -2.33. The van der Waals surface area contributed by atoms with Crippen LogP contribution in [0.4, 0.5) is 0 Å². The summed E-state index contributed by atoms with van der Waals surface area (Å²) >= 11 is 5.96. The van der Waals surface area contributed by atoms with Gasteiger partial charge in [-0.3, -0.25) is 4.90 Å². The number of halogens is 1. The van der Waals surface area contributed by atoms with E-state index in [0.717, 1.165) is 36.2 Å². The molecule has 1 fully saturated rings. The molecule has 1 saturated heterocycles. The van der Waals surface area contributed by atoms with Crippen molar-refractivity contribution >= 4 is 11.6 Å². The molecule has 1 atom stereocenters. The maximum absolute atomic E-state index is 6.00. The van der Waals surface area contributed by atoms with Crippen molar-refractivity contribution in [2.75, 3.05) is 26.3 Å². The van der Waals surface area contributed by atoms with E-state index in [1.165, 1.54) is 5.56 Å². The number of ether oxygens (including phenoxy) is 3. The molecule has 0 saturated carbocycles. The fraction of sp³-hybridized carbons (Fsp3) is 0.429. The highest BCUT2D eigenvalue weighted by molar-refractivity contribution is 6.30. The van der Waals surface area contributed by atoms with Crippen LogP contribution in [0.1, 0.15) is 19.4 Å². The molecule has 2 aromatic carbocycles. The molecule has 0 aromatic heterocycles. The Morgan fingerprint density at radius 1 is 1.12 bits per heavy atom. The predicted octanol–water partition coefficient (Wildman–Crippen LogP) is 4.41. The average molecular weight is 376 g/mol. The van der Waals surface area contributed by atoms with Gasteiger partial charge in [0.1, 0.15) is 12.7 Å². The third-order valence-corrected chi connectivity index (χ3v) is 4.43. The summed E-state index contributed by atoms with van der Waals surface area (Å²) in [7, 11) is 0. The molecule has 0 aliphatic carbocycles. The van der Waals surface area contributed by atoms with E-state index < -0.39 is 0 Å². The van der Waals surface area contributed by atoms with Crippen LogP contribution in [-0.2, 0) is 11.3 Å². The number of para-hydroxylation sites is 2. The van der Waals surface area contributed by atoms with Gasteiger partial charge in [0.2, 0.25) is 0 Å². The van der Waals surface area contributed by atoms with Gasteiger partial charge in [0, 0.05) is 24.7 Å². The Bertz CT molecular complexity index is 690. The predicted molar refractivity (Wildman–Crippen MR) is 104 cm³/mol. The first kappa shape index (κ1) is 19.0. The lowest BCUT2D eigenvalue weighted by Crippen LogP contribution is -2.44. The molecule has 0 spiro atoms. The highest BCUT2D eigenvalue weighted by atomic mass is 35.5. The topological polar surface area (TPSA) is 30.9 Å². The van der Waals surface area contributed by atoms with Gasteiger partial charge in [0.05, 0.1) is 12.7 Å². The molecule has 5 heteroatoms. The number of morpholine rings is 1. The zero-order valence-corrected chi connectivity index (χ0v) is 16.1. The van der Waals surface area contributed by atoms with Crippen molar-refractivity contribution in [3.8, 4) is 11.5 Å². The molecule has 3 rings (SSSR count). The first-order valence-electron chi connectivity index (χ1n) is 9.07. The van der Waals surface area contributed by atoms with Crippen LogP contribution in [0.5, 0.6) is 11.5 Å². The molecule has 1 aliphatic rings. The highest BCUT2D eigenvalue weighted by Gasteiger charge is 2.21. The SMILES string of the molecule is CC(C)Oc1ccccc1OCC1CN(Cc2ccc(Cl)cc2)CCO1. The minimum Gasteiger partial charge on any atom is -0.487 e. The van der Waals surface area contributed by atoms with Gasteiger partial charge < -0.3 is 14.2 Å². The van der Waals surface area contributed by atoms with Crippen LogP contribution in [0.3, 0.4) is 0 Å². The second kappa shape index (κ2) is 9.26. The van der Waals surface area contributed by atoms with Crippen LogP contribution >= 0.6 is 11.6 Å². The minimum atomic E-state index is 0.0446. The normalized spacial score (nSPS) is 18.1. The number of nitrogens with zero attached hydrogens (tertiary/aromatic N) is 1. The summed E-state index contributed by atoms with van der Waals surface area (Å²) < 4.78 is 17.7. The summed E-state index contributed by atoms with van der Waals surface area (Å²) in [6.45, 7) is 7.90. The Balaban J connectivity index is 1.53. The van der Waals surface area contributed by atoms with Gasteiger partial charge in [0.15, 0.2) is 11.5 Å². The maximum atomic E-state index is 6.00. The lowest BCUT2D eigenvalue weighted by molar-refractivity contribution is -0.0507. The van der Waals surface area contributed by atoms with Crippen LogP contribution in [0.25, 0.3) is 0 Å². The van der Waals surface area contributed by atoms with Gasteiger partial charge in [-0.2, -0.15) is 0 Å². The van der Waals surface area contributed by atoms with E-state index >= 15 is 0 Å². The van der Waals surface area contributed by atoms with E-state index in [2.05, 4.69) is 17.0 Å². The van der Waals surface area contributed by atoms with Crippen LogP contribution in [0.2, 0.25) is 5.02 Å². The molecule has 0 N–H and O–H groups in total. The summed E-state index contributed by atoms with van der Waals surface area (Å²) in [6.07, 6.45) is 0.156. The Labute approximate surface area is 160 Å². The summed E-state index contributed by atoms with van der Waals surface area (Å²) in [6, 6.07) is 15.8. The standard InChI is InChI=1S/C21H26ClNO3/c1-16(2)26-21-6-4-3-5-20(21)25-15-19-14-23(11-12-24-19)13-17-7-9-18(22)10-8-17/h3-10,16,19H,11-15H2,1-2H3. The molecule has 4 nitrogen and oxygen atoms in total. The maximum Gasteiger partial charge on any atom is 0.161 e. The van der Waals surface area contributed by atoms with E-state index in [9.17, 15) is 0 Å². The summed E-state index contributed by atoms with van der Waals surface area (Å²) in [5.41, 5.74) is 1.26. The van der Waals surface area contributed by atoms with Gasteiger partial charge in [-0.25, -0.2) is 0 Å². The van der Waals surface area contributed by atoms with E-state index in [-0.39, 0.29) is 12.2 Å². The van der Waals surface area contributed by atoms with Gasteiger partial charge in [-0.1, -0.05) is 35.9 Å². The first-order chi connectivity index (χ1) is 12.6. The van der Waals surface area contributed by atoms with E-state index in [0.29, 0.717) is 13.2 Å². The van der Waals surface area contributed by atoms with Crippen molar-refractivity contribution in [2.45, 2.75) is 32.6 Å². The summed E-state index contributed by atoms with van der Waals surface area (Å²) in [4.78, 5) is 2.39. The highest BCUT2D eigenvalue weighted by Crippen LogP contribution is 2.27. The van der Waals surface area contributed by atoms with Crippen molar-refractivity contribution < 1.29 is 14.2 Å². The van der Waals surface area contributed by atoms with Crippen molar-refractivity contribution in [1.82, 2.24) is 4.90 Å². The van der Waals surface area contributed by atoms with Gasteiger partial charge in [0.25, 0.3) is 0 Å². The molecule has 140 valence electrons. The number of rotatable bonds is 7. The zero-order valence-electron chi connectivity index (χ0n) is 15.4. The third-order valence-electron chi connectivity index (χ3n) is 4.18. The van der Waals surface area contributed by atoms with Gasteiger partial charge >= 0.3 is 0 Å². The molecule has 1 aliphatic heterocycles. The average Bonchev–Trinajstić information content (AvgIpc) is 2.63.